The van der Waals surface area contributed by atoms with E-state index in [4.69, 9.17) is 5.11 Å². The summed E-state index contributed by atoms with van der Waals surface area (Å²) < 4.78 is 0. The third-order valence-electron chi connectivity index (χ3n) is 2.86. The van der Waals surface area contributed by atoms with Crippen LogP contribution in [0.25, 0.3) is 0 Å². The van der Waals surface area contributed by atoms with Crippen molar-refractivity contribution in [3.8, 4) is 0 Å². The van der Waals surface area contributed by atoms with Gasteiger partial charge in [-0.05, 0) is 30.9 Å². The van der Waals surface area contributed by atoms with Crippen LogP contribution in [0.15, 0.2) is 30.3 Å². The smallest absolute Gasteiger partial charge is 0.326 e. The van der Waals surface area contributed by atoms with E-state index in [1.54, 1.807) is 11.8 Å². The monoisotopic (exact) mass is 296 g/mol. The Morgan fingerprint density at radius 2 is 1.90 bits per heavy atom. The lowest BCUT2D eigenvalue weighted by Crippen LogP contribution is -2.46. The van der Waals surface area contributed by atoms with Gasteiger partial charge in [-0.2, -0.15) is 11.8 Å². The average Bonchev–Trinajstić information content (AvgIpc) is 2.44. The van der Waals surface area contributed by atoms with Gasteiger partial charge in [0.1, 0.15) is 6.04 Å². The molecule has 0 spiro atoms. The molecule has 2 atom stereocenters. The number of carboxylic acids is 1. The summed E-state index contributed by atoms with van der Waals surface area (Å²) in [6.07, 6.45) is 2.31. The van der Waals surface area contributed by atoms with E-state index in [9.17, 15) is 9.59 Å². The predicted octanol–water partition coefficient (Wildman–Crippen LogP) is 2.25. The van der Waals surface area contributed by atoms with E-state index in [1.807, 2.05) is 43.5 Å². The van der Waals surface area contributed by atoms with E-state index in [-0.39, 0.29) is 6.04 Å². The van der Waals surface area contributed by atoms with E-state index in [2.05, 4.69) is 10.6 Å². The van der Waals surface area contributed by atoms with Crippen molar-refractivity contribution in [2.24, 2.45) is 0 Å². The van der Waals surface area contributed by atoms with Crippen LogP contribution in [0, 0.1) is 0 Å². The standard InChI is InChI=1S/C14H20N2O3S/c1-10(11-6-4-3-5-7-11)15-14(19)16-12(13(17)18)8-9-20-2/h3-7,10,12H,8-9H2,1-2H3,(H,17,18)(H2,15,16,19). The van der Waals surface area contributed by atoms with Crippen molar-refractivity contribution in [3.63, 3.8) is 0 Å². The van der Waals surface area contributed by atoms with Crippen LogP contribution in [0.1, 0.15) is 24.9 Å². The number of carbonyl (C=O) groups excluding carboxylic acids is 1. The molecule has 3 N–H and O–H groups in total. The minimum absolute atomic E-state index is 0.175. The molecule has 0 aromatic heterocycles. The van der Waals surface area contributed by atoms with Crippen molar-refractivity contribution in [1.29, 1.82) is 0 Å². The highest BCUT2D eigenvalue weighted by Crippen LogP contribution is 2.10. The van der Waals surface area contributed by atoms with Gasteiger partial charge in [0.05, 0.1) is 6.04 Å². The number of hydrogen-bond acceptors (Lipinski definition) is 3. The molecule has 6 heteroatoms. The zero-order valence-electron chi connectivity index (χ0n) is 11.6. The fraction of sp³-hybridized carbons (Fsp3) is 0.429. The molecular weight excluding hydrogens is 276 g/mol. The molecule has 1 aromatic rings. The minimum atomic E-state index is -1.01. The Balaban J connectivity index is 2.51. The van der Waals surface area contributed by atoms with Crippen LogP contribution in [0.2, 0.25) is 0 Å². The average molecular weight is 296 g/mol. The van der Waals surface area contributed by atoms with Crippen LogP contribution in [0.5, 0.6) is 0 Å². The Morgan fingerprint density at radius 3 is 2.45 bits per heavy atom. The molecule has 0 bridgehead atoms. The van der Waals surface area contributed by atoms with Gasteiger partial charge in [-0.15, -0.1) is 0 Å². The van der Waals surface area contributed by atoms with Crippen LogP contribution in [-0.2, 0) is 4.79 Å². The summed E-state index contributed by atoms with van der Waals surface area (Å²) in [5, 5.41) is 14.3. The lowest BCUT2D eigenvalue weighted by Gasteiger charge is -2.18. The fourth-order valence-corrected chi connectivity index (χ4v) is 2.19. The molecule has 0 aliphatic heterocycles. The lowest BCUT2D eigenvalue weighted by atomic mass is 10.1. The van der Waals surface area contributed by atoms with Crippen LogP contribution in [0.4, 0.5) is 4.79 Å². The topological polar surface area (TPSA) is 78.4 Å². The predicted molar refractivity (Wildman–Crippen MR) is 80.9 cm³/mol. The Hall–Kier alpha value is -1.69. The van der Waals surface area contributed by atoms with E-state index < -0.39 is 18.0 Å². The molecule has 20 heavy (non-hydrogen) atoms. The van der Waals surface area contributed by atoms with Gasteiger partial charge in [-0.1, -0.05) is 30.3 Å². The SMILES string of the molecule is CSCCC(NC(=O)NC(C)c1ccccc1)C(=O)O. The molecule has 110 valence electrons. The third kappa shape index (κ3) is 5.52. The number of amides is 2. The molecule has 0 fully saturated rings. The van der Waals surface area contributed by atoms with Gasteiger partial charge in [0.25, 0.3) is 0 Å². The van der Waals surface area contributed by atoms with Crippen molar-refractivity contribution in [2.75, 3.05) is 12.0 Å². The summed E-state index contributed by atoms with van der Waals surface area (Å²) in [5.74, 6) is -0.326. The normalized spacial score (nSPS) is 13.3. The van der Waals surface area contributed by atoms with Gasteiger partial charge in [-0.3, -0.25) is 0 Å². The van der Waals surface area contributed by atoms with E-state index >= 15 is 0 Å². The number of urea groups is 1. The van der Waals surface area contributed by atoms with Gasteiger partial charge in [0.15, 0.2) is 0 Å². The summed E-state index contributed by atoms with van der Waals surface area (Å²) in [6.45, 7) is 1.85. The maximum Gasteiger partial charge on any atom is 0.326 e. The Bertz CT molecular complexity index is 439. The number of hydrogen-bond donors (Lipinski definition) is 3. The highest BCUT2D eigenvalue weighted by molar-refractivity contribution is 7.98. The first-order chi connectivity index (χ1) is 9.54. The van der Waals surface area contributed by atoms with Crippen molar-refractivity contribution in [3.05, 3.63) is 35.9 Å². The summed E-state index contributed by atoms with van der Waals surface area (Å²) in [7, 11) is 0. The van der Waals surface area contributed by atoms with E-state index in [0.717, 1.165) is 5.56 Å². The number of thioether (sulfide) groups is 1. The molecule has 5 nitrogen and oxygen atoms in total. The molecule has 0 radical (unpaired) electrons. The molecule has 0 heterocycles. The summed E-state index contributed by atoms with van der Waals surface area (Å²) in [4.78, 5) is 22.9. The van der Waals surface area contributed by atoms with E-state index in [1.165, 1.54) is 0 Å². The number of carboxylic acid groups (broad SMARTS) is 1. The summed E-state index contributed by atoms with van der Waals surface area (Å²) in [6, 6.07) is 8.01. The molecule has 0 saturated carbocycles. The van der Waals surface area contributed by atoms with Crippen LogP contribution in [-0.4, -0.2) is 35.2 Å². The molecule has 0 aliphatic carbocycles. The Morgan fingerprint density at radius 1 is 1.25 bits per heavy atom. The molecule has 2 amide bonds. The minimum Gasteiger partial charge on any atom is -0.480 e. The second-order valence-corrected chi connectivity index (χ2v) is 5.41. The number of rotatable bonds is 7. The lowest BCUT2D eigenvalue weighted by molar-refractivity contribution is -0.139. The molecule has 2 unspecified atom stereocenters. The quantitative estimate of drug-likeness (QED) is 0.721. The van der Waals surface area contributed by atoms with Gasteiger partial charge < -0.3 is 15.7 Å². The Kier molecular flexibility index (Phi) is 6.93. The van der Waals surface area contributed by atoms with Gasteiger partial charge in [-0.25, -0.2) is 9.59 Å². The maximum absolute atomic E-state index is 11.8. The summed E-state index contributed by atoms with van der Waals surface area (Å²) >= 11 is 1.55. The first-order valence-corrected chi connectivity index (χ1v) is 7.77. The van der Waals surface area contributed by atoms with Crippen molar-refractivity contribution in [1.82, 2.24) is 10.6 Å². The number of aliphatic carboxylic acids is 1. The largest absolute Gasteiger partial charge is 0.480 e. The van der Waals surface area contributed by atoms with E-state index in [0.29, 0.717) is 12.2 Å². The van der Waals surface area contributed by atoms with Crippen LogP contribution < -0.4 is 10.6 Å². The molecule has 1 rings (SSSR count). The molecular formula is C14H20N2O3S. The van der Waals surface area contributed by atoms with Crippen LogP contribution >= 0.6 is 11.8 Å². The van der Waals surface area contributed by atoms with Crippen molar-refractivity contribution < 1.29 is 14.7 Å². The van der Waals surface area contributed by atoms with Crippen molar-refractivity contribution in [2.45, 2.75) is 25.4 Å². The highest BCUT2D eigenvalue weighted by Gasteiger charge is 2.20. The van der Waals surface area contributed by atoms with Crippen LogP contribution in [0.3, 0.4) is 0 Å². The van der Waals surface area contributed by atoms with Gasteiger partial charge in [0, 0.05) is 0 Å². The zero-order valence-corrected chi connectivity index (χ0v) is 12.4. The van der Waals surface area contributed by atoms with Gasteiger partial charge in [0.2, 0.25) is 0 Å². The number of nitrogens with one attached hydrogen (secondary N) is 2. The molecule has 1 aromatic carbocycles. The maximum atomic E-state index is 11.8. The summed E-state index contributed by atoms with van der Waals surface area (Å²) in [5.41, 5.74) is 0.971. The second-order valence-electron chi connectivity index (χ2n) is 4.42. The first-order valence-electron chi connectivity index (χ1n) is 6.38. The number of carbonyl (C=O) groups is 2. The Labute approximate surface area is 123 Å². The number of benzene rings is 1. The highest BCUT2D eigenvalue weighted by atomic mass is 32.2. The van der Waals surface area contributed by atoms with Gasteiger partial charge >= 0.3 is 12.0 Å². The molecule has 0 saturated heterocycles. The first kappa shape index (κ1) is 16.4. The zero-order chi connectivity index (χ0) is 15.0. The third-order valence-corrected chi connectivity index (χ3v) is 3.51. The second kappa shape index (κ2) is 8.47. The van der Waals surface area contributed by atoms with Crippen molar-refractivity contribution >= 4 is 23.8 Å². The fourth-order valence-electron chi connectivity index (χ4n) is 1.71. The molecule has 0 aliphatic rings.